The van der Waals surface area contributed by atoms with Crippen LogP contribution in [0, 0.1) is 11.3 Å². The van der Waals surface area contributed by atoms with Gasteiger partial charge < -0.3 is 10.1 Å². The van der Waals surface area contributed by atoms with Gasteiger partial charge in [-0.15, -0.1) is 0 Å². The Kier molecular flexibility index (Phi) is 8.05. The molecule has 2 atom stereocenters. The molecular weight excluding hydrogens is 282 g/mol. The highest BCUT2D eigenvalue weighted by Gasteiger charge is 2.23. The van der Waals surface area contributed by atoms with Crippen LogP contribution >= 0.6 is 15.9 Å². The molecule has 0 aromatic carbocycles. The van der Waals surface area contributed by atoms with Gasteiger partial charge >= 0.3 is 0 Å². The molecule has 2 unspecified atom stereocenters. The summed E-state index contributed by atoms with van der Waals surface area (Å²) in [6.45, 7) is 9.18. The van der Waals surface area contributed by atoms with Crippen LogP contribution in [0.15, 0.2) is 0 Å². The van der Waals surface area contributed by atoms with Gasteiger partial charge in [-0.1, -0.05) is 43.6 Å². The molecule has 0 bridgehead atoms. The van der Waals surface area contributed by atoms with Crippen molar-refractivity contribution in [2.45, 2.75) is 46.6 Å². The molecule has 0 aromatic heterocycles. The number of halogens is 1. The highest BCUT2D eigenvalue weighted by molar-refractivity contribution is 9.09. The second-order valence-electron chi connectivity index (χ2n) is 5.67. The van der Waals surface area contributed by atoms with E-state index < -0.39 is 0 Å². The summed E-state index contributed by atoms with van der Waals surface area (Å²) in [5.74, 6) is 0.491. The zero-order valence-corrected chi connectivity index (χ0v) is 13.3. The van der Waals surface area contributed by atoms with Crippen LogP contribution < -0.4 is 5.32 Å². The molecule has 1 amide bonds. The highest BCUT2D eigenvalue weighted by Crippen LogP contribution is 2.27. The van der Waals surface area contributed by atoms with Crippen molar-refractivity contribution in [1.29, 1.82) is 0 Å². The summed E-state index contributed by atoms with van der Waals surface area (Å²) in [7, 11) is 1.66. The van der Waals surface area contributed by atoms with Crippen molar-refractivity contribution in [2.75, 3.05) is 19.0 Å². The number of amides is 1. The van der Waals surface area contributed by atoms with Crippen LogP contribution in [0.25, 0.3) is 0 Å². The lowest BCUT2D eigenvalue weighted by Gasteiger charge is -2.27. The van der Waals surface area contributed by atoms with E-state index in [0.29, 0.717) is 18.9 Å². The largest absolute Gasteiger partial charge is 0.383 e. The summed E-state index contributed by atoms with van der Waals surface area (Å²) in [6.07, 6.45) is 1.47. The topological polar surface area (TPSA) is 38.3 Å². The van der Waals surface area contributed by atoms with Gasteiger partial charge in [0.1, 0.15) is 0 Å². The van der Waals surface area contributed by atoms with Crippen LogP contribution in [0.5, 0.6) is 0 Å². The minimum absolute atomic E-state index is 0.110. The molecule has 0 saturated carbocycles. The molecule has 0 heterocycles. The van der Waals surface area contributed by atoms with Crippen molar-refractivity contribution in [1.82, 2.24) is 5.32 Å². The Labute approximate surface area is 114 Å². The highest BCUT2D eigenvalue weighted by atomic mass is 79.9. The molecule has 4 heteroatoms. The third-order valence-corrected chi connectivity index (χ3v) is 3.62. The van der Waals surface area contributed by atoms with Gasteiger partial charge in [0.25, 0.3) is 0 Å². The quantitative estimate of drug-likeness (QED) is 0.734. The third-order valence-electron chi connectivity index (χ3n) is 3.16. The predicted octanol–water partition coefficient (Wildman–Crippen LogP) is 2.97. The Morgan fingerprint density at radius 2 is 2.00 bits per heavy atom. The number of nitrogens with one attached hydrogen (secondary N) is 1. The van der Waals surface area contributed by atoms with Gasteiger partial charge in [0.15, 0.2) is 0 Å². The van der Waals surface area contributed by atoms with E-state index in [1.165, 1.54) is 0 Å². The van der Waals surface area contributed by atoms with E-state index >= 15 is 0 Å². The Hall–Kier alpha value is -0.0900. The van der Waals surface area contributed by atoms with E-state index in [4.69, 9.17) is 4.74 Å². The maximum absolute atomic E-state index is 11.9. The van der Waals surface area contributed by atoms with Crippen molar-refractivity contribution < 1.29 is 9.53 Å². The van der Waals surface area contributed by atoms with Crippen LogP contribution in [0.3, 0.4) is 0 Å². The third kappa shape index (κ3) is 7.77. The molecule has 0 fully saturated rings. The van der Waals surface area contributed by atoms with E-state index in [0.717, 1.165) is 11.8 Å². The number of hydrogen-bond donors (Lipinski definition) is 1. The maximum Gasteiger partial charge on any atom is 0.220 e. The zero-order valence-electron chi connectivity index (χ0n) is 11.7. The van der Waals surface area contributed by atoms with E-state index in [-0.39, 0.29) is 17.4 Å². The Morgan fingerprint density at radius 3 is 2.41 bits per heavy atom. The molecule has 17 heavy (non-hydrogen) atoms. The molecule has 0 aromatic rings. The van der Waals surface area contributed by atoms with Crippen LogP contribution in [-0.4, -0.2) is 31.0 Å². The average molecular weight is 308 g/mol. The van der Waals surface area contributed by atoms with E-state index in [2.05, 4.69) is 48.9 Å². The van der Waals surface area contributed by atoms with E-state index in [9.17, 15) is 4.79 Å². The minimum Gasteiger partial charge on any atom is -0.383 e. The van der Waals surface area contributed by atoms with E-state index in [1.807, 2.05) is 0 Å². The van der Waals surface area contributed by atoms with Crippen molar-refractivity contribution in [3.05, 3.63) is 0 Å². The fourth-order valence-electron chi connectivity index (χ4n) is 1.40. The summed E-state index contributed by atoms with van der Waals surface area (Å²) in [4.78, 5) is 11.9. The standard InChI is InChI=1S/C13H26BrNO2/c1-10(13(2,3)4)8-12(16)15-11(6-7-14)9-17-5/h10-11H,6-9H2,1-5H3,(H,15,16). The number of ether oxygens (including phenoxy) is 1. The fourth-order valence-corrected chi connectivity index (χ4v) is 1.95. The number of carbonyl (C=O) groups excluding carboxylic acids is 1. The van der Waals surface area contributed by atoms with Crippen LogP contribution in [0.1, 0.15) is 40.5 Å². The molecule has 3 nitrogen and oxygen atoms in total. The average Bonchev–Trinajstić information content (AvgIpc) is 2.16. The first kappa shape index (κ1) is 16.9. The Bertz CT molecular complexity index is 220. The Balaban J connectivity index is 4.14. The van der Waals surface area contributed by atoms with Crippen LogP contribution in [-0.2, 0) is 9.53 Å². The number of alkyl halides is 1. The number of rotatable bonds is 7. The number of carbonyl (C=O) groups is 1. The molecule has 1 N–H and O–H groups in total. The molecule has 0 saturated heterocycles. The van der Waals surface area contributed by atoms with Crippen molar-refractivity contribution in [3.63, 3.8) is 0 Å². The summed E-state index contributed by atoms with van der Waals surface area (Å²) in [5.41, 5.74) is 0.170. The molecule has 0 aliphatic carbocycles. The second-order valence-corrected chi connectivity index (χ2v) is 6.46. The van der Waals surface area contributed by atoms with Gasteiger partial charge in [-0.05, 0) is 17.8 Å². The molecule has 0 rings (SSSR count). The predicted molar refractivity (Wildman–Crippen MR) is 75.5 cm³/mol. The lowest BCUT2D eigenvalue weighted by Crippen LogP contribution is -2.39. The summed E-state index contributed by atoms with van der Waals surface area (Å²) in [6, 6.07) is 0.110. The monoisotopic (exact) mass is 307 g/mol. The first-order chi connectivity index (χ1) is 7.81. The molecule has 0 aliphatic rings. The lowest BCUT2D eigenvalue weighted by atomic mass is 9.80. The second kappa shape index (κ2) is 8.09. The molecular formula is C13H26BrNO2. The zero-order chi connectivity index (χ0) is 13.5. The molecule has 0 radical (unpaired) electrons. The van der Waals surface area contributed by atoms with Gasteiger partial charge in [0.05, 0.1) is 12.6 Å². The lowest BCUT2D eigenvalue weighted by molar-refractivity contribution is -0.123. The fraction of sp³-hybridized carbons (Fsp3) is 0.923. The van der Waals surface area contributed by atoms with Crippen molar-refractivity contribution >= 4 is 21.8 Å². The summed E-state index contributed by atoms with van der Waals surface area (Å²) < 4.78 is 5.09. The van der Waals surface area contributed by atoms with Gasteiger partial charge in [0, 0.05) is 18.9 Å². The molecule has 0 spiro atoms. The normalized spacial score (nSPS) is 15.4. The van der Waals surface area contributed by atoms with Gasteiger partial charge in [-0.25, -0.2) is 0 Å². The number of hydrogen-bond acceptors (Lipinski definition) is 2. The summed E-state index contributed by atoms with van der Waals surface area (Å²) in [5, 5.41) is 3.90. The van der Waals surface area contributed by atoms with E-state index in [1.54, 1.807) is 7.11 Å². The van der Waals surface area contributed by atoms with Gasteiger partial charge in [0.2, 0.25) is 5.91 Å². The number of methoxy groups -OCH3 is 1. The summed E-state index contributed by atoms with van der Waals surface area (Å²) >= 11 is 3.39. The van der Waals surface area contributed by atoms with Gasteiger partial charge in [-0.2, -0.15) is 0 Å². The first-order valence-corrected chi connectivity index (χ1v) is 7.27. The molecule has 102 valence electrons. The first-order valence-electron chi connectivity index (χ1n) is 6.15. The smallest absolute Gasteiger partial charge is 0.220 e. The van der Waals surface area contributed by atoms with Gasteiger partial charge in [-0.3, -0.25) is 4.79 Å². The SMILES string of the molecule is COCC(CCBr)NC(=O)CC(C)C(C)(C)C. The van der Waals surface area contributed by atoms with Crippen molar-refractivity contribution in [3.8, 4) is 0 Å². The Morgan fingerprint density at radius 1 is 1.41 bits per heavy atom. The minimum atomic E-state index is 0.110. The molecule has 0 aliphatic heterocycles. The van der Waals surface area contributed by atoms with Crippen LogP contribution in [0.2, 0.25) is 0 Å². The maximum atomic E-state index is 11.9. The van der Waals surface area contributed by atoms with Crippen molar-refractivity contribution in [2.24, 2.45) is 11.3 Å². The van der Waals surface area contributed by atoms with Crippen LogP contribution in [0.4, 0.5) is 0 Å².